The highest BCUT2D eigenvalue weighted by Crippen LogP contribution is 2.16. The van der Waals surface area contributed by atoms with E-state index in [1.165, 1.54) is 0 Å². The Labute approximate surface area is 92.2 Å². The van der Waals surface area contributed by atoms with Gasteiger partial charge in [-0.15, -0.1) is 0 Å². The minimum atomic E-state index is -2.82. The smallest absolute Gasteiger partial charge is 0.150 e. The summed E-state index contributed by atoms with van der Waals surface area (Å²) in [4.78, 5) is 2.20. The molecule has 0 radical (unpaired) electrons. The normalized spacial score (nSPS) is 23.5. The van der Waals surface area contributed by atoms with Crippen LogP contribution in [-0.2, 0) is 9.84 Å². The van der Waals surface area contributed by atoms with Gasteiger partial charge in [0.1, 0.15) is 9.84 Å². The highest BCUT2D eigenvalue weighted by atomic mass is 32.2. The molecule has 15 heavy (non-hydrogen) atoms. The zero-order valence-corrected chi connectivity index (χ0v) is 10.2. The van der Waals surface area contributed by atoms with Gasteiger partial charge in [-0.05, 0) is 32.4 Å². The number of hydrogen-bond donors (Lipinski definition) is 1. The summed E-state index contributed by atoms with van der Waals surface area (Å²) in [5, 5.41) is 9.08. The maximum Gasteiger partial charge on any atom is 0.150 e. The summed E-state index contributed by atoms with van der Waals surface area (Å²) in [5.41, 5.74) is 0. The summed E-state index contributed by atoms with van der Waals surface area (Å²) in [6, 6.07) is 0.259. The Morgan fingerprint density at radius 3 is 2.80 bits per heavy atom. The van der Waals surface area contributed by atoms with E-state index < -0.39 is 9.84 Å². The summed E-state index contributed by atoms with van der Waals surface area (Å²) < 4.78 is 22.5. The number of aliphatic hydroxyl groups excluding tert-OH is 1. The molecule has 1 rings (SSSR count). The van der Waals surface area contributed by atoms with Gasteiger partial charge < -0.3 is 5.11 Å². The molecule has 1 aliphatic heterocycles. The van der Waals surface area contributed by atoms with Crippen molar-refractivity contribution in [3.05, 3.63) is 0 Å². The maximum atomic E-state index is 11.3. The number of likely N-dealkylation sites (tertiary alicyclic amines) is 1. The third kappa shape index (κ3) is 4.09. The minimum absolute atomic E-state index is 0.195. The lowest BCUT2D eigenvalue weighted by molar-refractivity contribution is 0.159. The Hall–Kier alpha value is -0.130. The summed E-state index contributed by atoms with van der Waals surface area (Å²) >= 11 is 0. The number of aliphatic hydroxyl groups is 1. The first-order valence-corrected chi connectivity index (χ1v) is 7.46. The fraction of sp³-hybridized carbons (Fsp3) is 1.00. The Morgan fingerprint density at radius 2 is 2.20 bits per heavy atom. The first-order valence-electron chi connectivity index (χ1n) is 5.64. The van der Waals surface area contributed by atoms with E-state index in [4.69, 9.17) is 5.11 Å². The van der Waals surface area contributed by atoms with Crippen LogP contribution < -0.4 is 0 Å². The first-order chi connectivity index (χ1) is 7.09. The maximum absolute atomic E-state index is 11.3. The van der Waals surface area contributed by atoms with Gasteiger partial charge in [0.25, 0.3) is 0 Å². The van der Waals surface area contributed by atoms with Gasteiger partial charge in [0.15, 0.2) is 0 Å². The lowest BCUT2D eigenvalue weighted by Crippen LogP contribution is -2.33. The summed E-state index contributed by atoms with van der Waals surface area (Å²) in [7, 11) is -2.82. The van der Waals surface area contributed by atoms with E-state index in [1.807, 2.05) is 0 Å². The monoisotopic (exact) mass is 235 g/mol. The Kier molecular flexibility index (Phi) is 5.02. The molecule has 90 valence electrons. The van der Waals surface area contributed by atoms with E-state index in [2.05, 4.69) is 4.90 Å². The summed E-state index contributed by atoms with van der Waals surface area (Å²) in [5.74, 6) is 0.509. The number of rotatable bonds is 6. The van der Waals surface area contributed by atoms with Crippen molar-refractivity contribution < 1.29 is 13.5 Å². The van der Waals surface area contributed by atoms with Gasteiger partial charge in [0, 0.05) is 11.8 Å². The average molecular weight is 235 g/mol. The molecule has 4 nitrogen and oxygen atoms in total. The van der Waals surface area contributed by atoms with Crippen molar-refractivity contribution in [2.45, 2.75) is 32.2 Å². The van der Waals surface area contributed by atoms with Crippen molar-refractivity contribution >= 4 is 9.84 Å². The van der Waals surface area contributed by atoms with Crippen LogP contribution in [-0.4, -0.2) is 55.7 Å². The molecule has 0 saturated carbocycles. The van der Waals surface area contributed by atoms with E-state index in [9.17, 15) is 8.42 Å². The van der Waals surface area contributed by atoms with Crippen molar-refractivity contribution in [3.8, 4) is 0 Å². The second-order valence-electron chi connectivity index (χ2n) is 4.10. The second kappa shape index (κ2) is 5.82. The van der Waals surface area contributed by atoms with Crippen LogP contribution in [0.4, 0.5) is 0 Å². The van der Waals surface area contributed by atoms with Gasteiger partial charge in [-0.3, -0.25) is 4.90 Å². The van der Waals surface area contributed by atoms with Crippen molar-refractivity contribution in [3.63, 3.8) is 0 Å². The van der Waals surface area contributed by atoms with Gasteiger partial charge >= 0.3 is 0 Å². The van der Waals surface area contributed by atoms with E-state index in [0.717, 1.165) is 25.9 Å². The molecule has 5 heteroatoms. The van der Waals surface area contributed by atoms with Crippen LogP contribution >= 0.6 is 0 Å². The third-order valence-electron chi connectivity index (χ3n) is 3.05. The molecular formula is C10H21NO3S. The SMILES string of the molecule is CCS(=O)(=O)CCCN1CCC[C@@H]1CO. The van der Waals surface area contributed by atoms with Crippen LogP contribution in [0, 0.1) is 0 Å². The van der Waals surface area contributed by atoms with Crippen LogP contribution in [0.1, 0.15) is 26.2 Å². The molecule has 0 amide bonds. The zero-order chi connectivity index (χ0) is 11.3. The second-order valence-corrected chi connectivity index (χ2v) is 6.58. The van der Waals surface area contributed by atoms with Crippen LogP contribution in [0.3, 0.4) is 0 Å². The molecule has 1 saturated heterocycles. The minimum Gasteiger partial charge on any atom is -0.395 e. The highest BCUT2D eigenvalue weighted by Gasteiger charge is 2.23. The molecular weight excluding hydrogens is 214 g/mol. The van der Waals surface area contributed by atoms with Crippen LogP contribution in [0.25, 0.3) is 0 Å². The summed E-state index contributed by atoms with van der Waals surface area (Å²) in [6.07, 6.45) is 2.84. The van der Waals surface area contributed by atoms with Crippen LogP contribution in [0.5, 0.6) is 0 Å². The third-order valence-corrected chi connectivity index (χ3v) is 4.84. The average Bonchev–Trinajstić information content (AvgIpc) is 2.65. The molecule has 0 aliphatic carbocycles. The fourth-order valence-electron chi connectivity index (χ4n) is 2.03. The van der Waals surface area contributed by atoms with E-state index in [1.54, 1.807) is 6.92 Å². The molecule has 0 bridgehead atoms. The topological polar surface area (TPSA) is 57.6 Å². The zero-order valence-electron chi connectivity index (χ0n) is 9.35. The Morgan fingerprint density at radius 1 is 1.47 bits per heavy atom. The van der Waals surface area contributed by atoms with Crippen molar-refractivity contribution in [1.29, 1.82) is 0 Å². The first kappa shape index (κ1) is 12.9. The van der Waals surface area contributed by atoms with Crippen molar-refractivity contribution in [2.75, 3.05) is 31.2 Å². The quantitative estimate of drug-likeness (QED) is 0.718. The predicted molar refractivity (Wildman–Crippen MR) is 60.6 cm³/mol. The van der Waals surface area contributed by atoms with E-state index >= 15 is 0 Å². The van der Waals surface area contributed by atoms with Gasteiger partial charge in [0.2, 0.25) is 0 Å². The molecule has 0 unspecified atom stereocenters. The lowest BCUT2D eigenvalue weighted by Gasteiger charge is -2.22. The lowest BCUT2D eigenvalue weighted by atomic mass is 10.2. The largest absolute Gasteiger partial charge is 0.395 e. The van der Waals surface area contributed by atoms with Crippen LogP contribution in [0.15, 0.2) is 0 Å². The van der Waals surface area contributed by atoms with E-state index in [-0.39, 0.29) is 24.2 Å². The molecule has 0 aromatic heterocycles. The molecule has 1 atom stereocenters. The molecule has 0 aromatic rings. The molecule has 0 spiro atoms. The fourth-order valence-corrected chi connectivity index (χ4v) is 2.89. The van der Waals surface area contributed by atoms with Gasteiger partial charge in [-0.1, -0.05) is 6.92 Å². The molecule has 1 heterocycles. The standard InChI is InChI=1S/C10H21NO3S/c1-2-15(13,14)8-4-7-11-6-3-5-10(11)9-12/h10,12H,2-9H2,1H3/t10-/m1/s1. The van der Waals surface area contributed by atoms with Crippen molar-refractivity contribution in [1.82, 2.24) is 4.90 Å². The molecule has 1 fully saturated rings. The number of hydrogen-bond acceptors (Lipinski definition) is 4. The van der Waals surface area contributed by atoms with E-state index in [0.29, 0.717) is 6.42 Å². The molecule has 1 N–H and O–H groups in total. The Bertz CT molecular complexity index is 276. The van der Waals surface area contributed by atoms with Gasteiger partial charge in [-0.25, -0.2) is 8.42 Å². The highest BCUT2D eigenvalue weighted by molar-refractivity contribution is 7.91. The predicted octanol–water partition coefficient (Wildman–Crippen LogP) is 0.268. The number of sulfone groups is 1. The van der Waals surface area contributed by atoms with Crippen LogP contribution in [0.2, 0.25) is 0 Å². The van der Waals surface area contributed by atoms with Gasteiger partial charge in [0.05, 0.1) is 12.4 Å². The van der Waals surface area contributed by atoms with Crippen molar-refractivity contribution in [2.24, 2.45) is 0 Å². The Balaban J connectivity index is 2.25. The molecule has 0 aromatic carbocycles. The molecule has 1 aliphatic rings. The summed E-state index contributed by atoms with van der Waals surface area (Å²) in [6.45, 7) is 3.67. The number of nitrogens with zero attached hydrogens (tertiary/aromatic N) is 1. The van der Waals surface area contributed by atoms with Gasteiger partial charge in [-0.2, -0.15) is 0 Å².